The number of anilines is 1. The molecule has 0 spiro atoms. The summed E-state index contributed by atoms with van der Waals surface area (Å²) < 4.78 is 1.09. The van der Waals surface area contributed by atoms with Crippen molar-refractivity contribution in [1.82, 2.24) is 0 Å². The van der Waals surface area contributed by atoms with E-state index < -0.39 is 0 Å². The molecule has 3 heteroatoms. The minimum atomic E-state index is 0.120. The molecule has 94 valence electrons. The Morgan fingerprint density at radius 1 is 1.35 bits per heavy atom. The molecule has 0 aliphatic carbocycles. The molecule has 1 aromatic rings. The number of benzene rings is 1. The number of halogens is 1. The molecule has 1 aromatic carbocycles. The van der Waals surface area contributed by atoms with E-state index in [1.54, 1.807) is 0 Å². The second-order valence-corrected chi connectivity index (χ2v) is 5.87. The number of hydrogen-bond donors (Lipinski definition) is 1. The number of hydrogen-bond acceptors (Lipinski definition) is 2. The summed E-state index contributed by atoms with van der Waals surface area (Å²) in [5, 5.41) is 9.42. The molecule has 1 heterocycles. The number of aliphatic hydroxyl groups is 1. The Kier molecular flexibility index (Phi) is 4.46. The van der Waals surface area contributed by atoms with Crippen molar-refractivity contribution >= 4 is 21.6 Å². The zero-order valence-electron chi connectivity index (χ0n) is 10.3. The fourth-order valence-electron chi connectivity index (χ4n) is 2.47. The molecule has 1 atom stereocenters. The fraction of sp³-hybridized carbons (Fsp3) is 0.571. The molecular weight excluding hydrogens is 278 g/mol. The molecule has 1 saturated heterocycles. The molecule has 0 aromatic heterocycles. The molecule has 2 rings (SSSR count). The molecule has 17 heavy (non-hydrogen) atoms. The van der Waals surface area contributed by atoms with E-state index in [0.29, 0.717) is 0 Å². The van der Waals surface area contributed by atoms with Crippen LogP contribution in [0.25, 0.3) is 0 Å². The minimum Gasteiger partial charge on any atom is -0.392 e. The van der Waals surface area contributed by atoms with Gasteiger partial charge in [-0.2, -0.15) is 0 Å². The summed E-state index contributed by atoms with van der Waals surface area (Å²) in [6.07, 6.45) is 3.81. The molecule has 0 radical (unpaired) electrons. The van der Waals surface area contributed by atoms with Crippen LogP contribution < -0.4 is 4.90 Å². The highest BCUT2D eigenvalue weighted by molar-refractivity contribution is 9.10. The molecule has 1 unspecified atom stereocenters. The summed E-state index contributed by atoms with van der Waals surface area (Å²) in [6, 6.07) is 6.13. The van der Waals surface area contributed by atoms with Crippen molar-refractivity contribution in [3.8, 4) is 0 Å². The number of rotatable bonds is 2. The molecule has 0 amide bonds. The van der Waals surface area contributed by atoms with Crippen LogP contribution in [0, 0.1) is 5.92 Å². The average Bonchev–Trinajstić information content (AvgIpc) is 2.54. The summed E-state index contributed by atoms with van der Waals surface area (Å²) >= 11 is 3.52. The highest BCUT2D eigenvalue weighted by atomic mass is 79.9. The first-order chi connectivity index (χ1) is 8.20. The van der Waals surface area contributed by atoms with Gasteiger partial charge in [-0.3, -0.25) is 0 Å². The van der Waals surface area contributed by atoms with E-state index in [2.05, 4.69) is 33.8 Å². The van der Waals surface area contributed by atoms with Crippen molar-refractivity contribution in [2.75, 3.05) is 18.0 Å². The fourth-order valence-corrected chi connectivity index (χ4v) is 2.82. The normalized spacial score (nSPS) is 21.4. The van der Waals surface area contributed by atoms with Crippen LogP contribution in [0.15, 0.2) is 22.7 Å². The third-order valence-corrected chi connectivity index (χ3v) is 4.07. The Balaban J connectivity index is 2.22. The van der Waals surface area contributed by atoms with Crippen molar-refractivity contribution in [3.63, 3.8) is 0 Å². The van der Waals surface area contributed by atoms with E-state index in [9.17, 15) is 5.11 Å². The first kappa shape index (κ1) is 12.9. The standard InChI is InChI=1S/C14H20BrNO/c1-11-3-2-7-16(8-6-11)14-9-13(15)5-4-12(14)10-17/h4-5,9,11,17H,2-3,6-8,10H2,1H3. The van der Waals surface area contributed by atoms with E-state index >= 15 is 0 Å². The van der Waals surface area contributed by atoms with Gasteiger partial charge >= 0.3 is 0 Å². The first-order valence-corrected chi connectivity index (χ1v) is 7.14. The van der Waals surface area contributed by atoms with Crippen LogP contribution in [0.4, 0.5) is 5.69 Å². The van der Waals surface area contributed by atoms with Gasteiger partial charge in [0.15, 0.2) is 0 Å². The molecule has 1 N–H and O–H groups in total. The van der Waals surface area contributed by atoms with Crippen LogP contribution in [0.3, 0.4) is 0 Å². The monoisotopic (exact) mass is 297 g/mol. The molecule has 1 aliphatic rings. The van der Waals surface area contributed by atoms with Gasteiger partial charge < -0.3 is 10.0 Å². The van der Waals surface area contributed by atoms with Gasteiger partial charge in [0.2, 0.25) is 0 Å². The minimum absolute atomic E-state index is 0.120. The Hall–Kier alpha value is -0.540. The van der Waals surface area contributed by atoms with Gasteiger partial charge in [-0.15, -0.1) is 0 Å². The summed E-state index contributed by atoms with van der Waals surface area (Å²) in [7, 11) is 0. The zero-order chi connectivity index (χ0) is 12.3. The molecule has 0 saturated carbocycles. The van der Waals surface area contributed by atoms with Gasteiger partial charge in [0, 0.05) is 28.8 Å². The van der Waals surface area contributed by atoms with Gasteiger partial charge in [0.25, 0.3) is 0 Å². The second kappa shape index (κ2) is 5.87. The second-order valence-electron chi connectivity index (χ2n) is 4.95. The predicted octanol–water partition coefficient (Wildman–Crippen LogP) is 3.57. The van der Waals surface area contributed by atoms with Gasteiger partial charge in [0.1, 0.15) is 0 Å². The van der Waals surface area contributed by atoms with Gasteiger partial charge in [-0.05, 0) is 37.3 Å². The molecule has 2 nitrogen and oxygen atoms in total. The third-order valence-electron chi connectivity index (χ3n) is 3.58. The van der Waals surface area contributed by atoms with Gasteiger partial charge in [-0.1, -0.05) is 28.9 Å². The van der Waals surface area contributed by atoms with E-state index in [1.165, 1.54) is 24.9 Å². The molecule has 1 aliphatic heterocycles. The lowest BCUT2D eigenvalue weighted by atomic mass is 10.0. The average molecular weight is 298 g/mol. The Labute approximate surface area is 112 Å². The maximum Gasteiger partial charge on any atom is 0.0702 e. The Bertz CT molecular complexity index is 380. The van der Waals surface area contributed by atoms with Crippen LogP contribution in [-0.2, 0) is 6.61 Å². The lowest BCUT2D eigenvalue weighted by Crippen LogP contribution is -2.25. The Morgan fingerprint density at radius 3 is 2.94 bits per heavy atom. The maximum atomic E-state index is 9.42. The smallest absolute Gasteiger partial charge is 0.0702 e. The number of nitrogens with zero attached hydrogens (tertiary/aromatic N) is 1. The van der Waals surface area contributed by atoms with Crippen molar-refractivity contribution in [1.29, 1.82) is 0 Å². The summed E-state index contributed by atoms with van der Waals surface area (Å²) in [5.41, 5.74) is 2.22. The maximum absolute atomic E-state index is 9.42. The first-order valence-electron chi connectivity index (χ1n) is 6.35. The van der Waals surface area contributed by atoms with E-state index in [-0.39, 0.29) is 6.61 Å². The van der Waals surface area contributed by atoms with E-state index in [4.69, 9.17) is 0 Å². The highest BCUT2D eigenvalue weighted by Crippen LogP contribution is 2.28. The van der Waals surface area contributed by atoms with E-state index in [1.807, 2.05) is 12.1 Å². The molecule has 1 fully saturated rings. The van der Waals surface area contributed by atoms with Crippen LogP contribution in [0.5, 0.6) is 0 Å². The van der Waals surface area contributed by atoms with Crippen LogP contribution >= 0.6 is 15.9 Å². The molecule has 0 bridgehead atoms. The lowest BCUT2D eigenvalue weighted by Gasteiger charge is -2.25. The quantitative estimate of drug-likeness (QED) is 0.902. The third kappa shape index (κ3) is 3.23. The summed E-state index contributed by atoms with van der Waals surface area (Å²) in [5.74, 6) is 0.824. The summed E-state index contributed by atoms with van der Waals surface area (Å²) in [6.45, 7) is 4.66. The predicted molar refractivity (Wildman–Crippen MR) is 75.3 cm³/mol. The van der Waals surface area contributed by atoms with Crippen molar-refractivity contribution in [2.24, 2.45) is 5.92 Å². The van der Waals surface area contributed by atoms with Crippen LogP contribution in [0.1, 0.15) is 31.7 Å². The van der Waals surface area contributed by atoms with Crippen molar-refractivity contribution in [3.05, 3.63) is 28.2 Å². The van der Waals surface area contributed by atoms with E-state index in [0.717, 1.165) is 29.0 Å². The van der Waals surface area contributed by atoms with Crippen molar-refractivity contribution in [2.45, 2.75) is 32.8 Å². The highest BCUT2D eigenvalue weighted by Gasteiger charge is 2.16. The van der Waals surface area contributed by atoms with Crippen molar-refractivity contribution < 1.29 is 5.11 Å². The van der Waals surface area contributed by atoms with Gasteiger partial charge in [-0.25, -0.2) is 0 Å². The SMILES string of the molecule is CC1CCCN(c2cc(Br)ccc2CO)CC1. The number of aliphatic hydroxyl groups excluding tert-OH is 1. The van der Waals surface area contributed by atoms with Gasteiger partial charge in [0.05, 0.1) is 6.61 Å². The van der Waals surface area contributed by atoms with Crippen LogP contribution in [0.2, 0.25) is 0 Å². The largest absolute Gasteiger partial charge is 0.392 e. The zero-order valence-corrected chi connectivity index (χ0v) is 11.9. The van der Waals surface area contributed by atoms with Crippen LogP contribution in [-0.4, -0.2) is 18.2 Å². The summed E-state index contributed by atoms with van der Waals surface area (Å²) in [4.78, 5) is 2.42. The Morgan fingerprint density at radius 2 is 2.18 bits per heavy atom. The lowest BCUT2D eigenvalue weighted by molar-refractivity contribution is 0.282. The molecular formula is C14H20BrNO. The topological polar surface area (TPSA) is 23.5 Å².